The smallest absolute Gasteiger partial charge is 0.317 e. The van der Waals surface area contributed by atoms with Crippen molar-refractivity contribution in [2.45, 2.75) is 20.8 Å². The second-order valence-corrected chi connectivity index (χ2v) is 8.59. The molecule has 0 radical (unpaired) electrons. The number of carbonyl (C=O) groups excluding carboxylic acids is 1. The number of aliphatic carboxylic acids is 2. The minimum absolute atomic E-state index is 0.0546. The zero-order valence-corrected chi connectivity index (χ0v) is 17.7. The molecule has 0 atom stereocenters. The Bertz CT molecular complexity index is 535. The van der Waals surface area contributed by atoms with Crippen molar-refractivity contribution in [2.24, 2.45) is 5.41 Å². The van der Waals surface area contributed by atoms with Crippen LogP contribution in [0, 0.1) is 5.41 Å². The van der Waals surface area contributed by atoms with Gasteiger partial charge in [-0.25, -0.2) is 0 Å². The van der Waals surface area contributed by atoms with Gasteiger partial charge in [0.25, 0.3) is 0 Å². The van der Waals surface area contributed by atoms with Crippen LogP contribution in [0.1, 0.15) is 20.8 Å². The van der Waals surface area contributed by atoms with Crippen LogP contribution in [0.3, 0.4) is 0 Å². The standard InChI is InChI=1S/C19H36N4O5/c1-19(2,3)16(24)13-21-7-5-20(4)6-8-22(14-17(25)26)11-12-23(10-9-21)15-18(27)28/h5-15H2,1-4H3,(H,25,26)(H,27,28). The Hall–Kier alpha value is -1.55. The van der Waals surface area contributed by atoms with Crippen molar-refractivity contribution in [3.8, 4) is 0 Å². The van der Waals surface area contributed by atoms with Crippen molar-refractivity contribution >= 4 is 17.7 Å². The SMILES string of the molecule is CN1CCN(CC(=O)O)CCN(CC(=O)O)CCN(CC(=O)C(C)(C)C)CC1. The maximum atomic E-state index is 12.5. The van der Waals surface area contributed by atoms with Crippen molar-refractivity contribution in [1.82, 2.24) is 19.6 Å². The Morgan fingerprint density at radius 3 is 1.32 bits per heavy atom. The first kappa shape index (κ1) is 24.5. The van der Waals surface area contributed by atoms with E-state index in [1.807, 2.05) is 37.6 Å². The third kappa shape index (κ3) is 10.1. The van der Waals surface area contributed by atoms with Crippen LogP contribution in [0.4, 0.5) is 0 Å². The normalized spacial score (nSPS) is 20.3. The Balaban J connectivity index is 2.84. The van der Waals surface area contributed by atoms with E-state index in [4.69, 9.17) is 5.11 Å². The fourth-order valence-corrected chi connectivity index (χ4v) is 2.93. The van der Waals surface area contributed by atoms with Gasteiger partial charge in [0.2, 0.25) is 0 Å². The molecule has 0 aromatic carbocycles. The highest BCUT2D eigenvalue weighted by atomic mass is 16.4. The molecular formula is C19H36N4O5. The summed E-state index contributed by atoms with van der Waals surface area (Å²) in [7, 11) is 1.99. The average molecular weight is 401 g/mol. The van der Waals surface area contributed by atoms with E-state index in [0.29, 0.717) is 52.4 Å². The van der Waals surface area contributed by atoms with E-state index in [1.165, 1.54) is 0 Å². The van der Waals surface area contributed by atoms with Gasteiger partial charge in [0, 0.05) is 57.8 Å². The van der Waals surface area contributed by atoms with Crippen LogP contribution in [0.15, 0.2) is 0 Å². The molecule has 0 aromatic heterocycles. The predicted octanol–water partition coefficient (Wildman–Crippen LogP) is -0.378. The number of rotatable bonds is 6. The second kappa shape index (κ2) is 11.5. The zero-order chi connectivity index (χ0) is 21.3. The molecule has 1 aliphatic rings. The fraction of sp³-hybridized carbons (Fsp3) is 0.842. The van der Waals surface area contributed by atoms with Crippen LogP contribution >= 0.6 is 0 Å². The van der Waals surface area contributed by atoms with Crippen molar-refractivity contribution < 1.29 is 24.6 Å². The van der Waals surface area contributed by atoms with E-state index in [-0.39, 0.29) is 18.9 Å². The number of Topliss-reactive ketones (excluding diaryl/α,β-unsaturated/α-hetero) is 1. The van der Waals surface area contributed by atoms with Gasteiger partial charge < -0.3 is 15.1 Å². The zero-order valence-electron chi connectivity index (χ0n) is 17.7. The molecule has 2 N–H and O–H groups in total. The molecule has 1 rings (SSSR count). The topological polar surface area (TPSA) is 105 Å². The maximum Gasteiger partial charge on any atom is 0.317 e. The van der Waals surface area contributed by atoms with Crippen LogP contribution in [0.25, 0.3) is 0 Å². The summed E-state index contributed by atoms with van der Waals surface area (Å²) in [6, 6.07) is 0. The number of carbonyl (C=O) groups is 3. The Kier molecular flexibility index (Phi) is 10.0. The lowest BCUT2D eigenvalue weighted by Crippen LogP contribution is -2.48. The summed E-state index contributed by atoms with van der Waals surface area (Å²) in [5.41, 5.74) is -0.409. The van der Waals surface area contributed by atoms with E-state index < -0.39 is 17.4 Å². The molecule has 9 heteroatoms. The summed E-state index contributed by atoms with van der Waals surface area (Å²) >= 11 is 0. The number of hydrogen-bond acceptors (Lipinski definition) is 7. The molecule has 1 heterocycles. The van der Waals surface area contributed by atoms with Crippen LogP contribution in [0.2, 0.25) is 0 Å². The first-order valence-electron chi connectivity index (χ1n) is 9.80. The Morgan fingerprint density at radius 1 is 0.679 bits per heavy atom. The molecular weight excluding hydrogens is 364 g/mol. The second-order valence-electron chi connectivity index (χ2n) is 8.59. The monoisotopic (exact) mass is 400 g/mol. The highest BCUT2D eigenvalue weighted by Gasteiger charge is 2.24. The van der Waals surface area contributed by atoms with E-state index in [9.17, 15) is 19.5 Å². The molecule has 1 fully saturated rings. The van der Waals surface area contributed by atoms with Gasteiger partial charge in [0.05, 0.1) is 19.6 Å². The van der Waals surface area contributed by atoms with Crippen LogP contribution < -0.4 is 0 Å². The molecule has 0 spiro atoms. The van der Waals surface area contributed by atoms with E-state index in [0.717, 1.165) is 6.54 Å². The average Bonchev–Trinajstić information content (AvgIpc) is 2.56. The summed E-state index contributed by atoms with van der Waals surface area (Å²) < 4.78 is 0. The number of hydrogen-bond donors (Lipinski definition) is 2. The summed E-state index contributed by atoms with van der Waals surface area (Å²) in [4.78, 5) is 42.7. The number of nitrogens with zero attached hydrogens (tertiary/aromatic N) is 4. The third-order valence-electron chi connectivity index (χ3n) is 4.98. The summed E-state index contributed by atoms with van der Waals surface area (Å²) in [6.07, 6.45) is 0. The molecule has 1 aliphatic heterocycles. The Labute approximate surface area is 167 Å². The molecule has 28 heavy (non-hydrogen) atoms. The van der Waals surface area contributed by atoms with E-state index in [2.05, 4.69) is 9.80 Å². The first-order valence-corrected chi connectivity index (χ1v) is 9.80. The van der Waals surface area contributed by atoms with Gasteiger partial charge in [0.15, 0.2) is 5.78 Å². The lowest BCUT2D eigenvalue weighted by molar-refractivity contribution is -0.140. The van der Waals surface area contributed by atoms with Gasteiger partial charge in [-0.2, -0.15) is 0 Å². The number of likely N-dealkylation sites (N-methyl/N-ethyl adjacent to an activating group) is 1. The molecule has 0 aliphatic carbocycles. The van der Waals surface area contributed by atoms with Gasteiger partial charge in [-0.1, -0.05) is 20.8 Å². The first-order chi connectivity index (χ1) is 13.0. The lowest BCUT2D eigenvalue weighted by atomic mass is 9.90. The summed E-state index contributed by atoms with van der Waals surface area (Å²) in [5.74, 6) is -1.63. The number of carboxylic acid groups (broad SMARTS) is 2. The highest BCUT2D eigenvalue weighted by Crippen LogP contribution is 2.15. The summed E-state index contributed by atoms with van der Waals surface area (Å²) in [5, 5.41) is 18.3. The van der Waals surface area contributed by atoms with Gasteiger partial charge in [-0.05, 0) is 7.05 Å². The quantitative estimate of drug-likeness (QED) is 0.617. The van der Waals surface area contributed by atoms with E-state index in [1.54, 1.807) is 0 Å². The minimum atomic E-state index is -0.908. The molecule has 0 bridgehead atoms. The van der Waals surface area contributed by atoms with Gasteiger partial charge in [0.1, 0.15) is 0 Å². The molecule has 9 nitrogen and oxygen atoms in total. The molecule has 0 aromatic rings. The van der Waals surface area contributed by atoms with Gasteiger partial charge >= 0.3 is 11.9 Å². The van der Waals surface area contributed by atoms with Gasteiger partial charge in [-0.3, -0.25) is 29.1 Å². The third-order valence-corrected chi connectivity index (χ3v) is 4.98. The molecule has 0 unspecified atom stereocenters. The van der Waals surface area contributed by atoms with Crippen molar-refractivity contribution in [1.29, 1.82) is 0 Å². The van der Waals surface area contributed by atoms with Crippen LogP contribution in [-0.2, 0) is 14.4 Å². The minimum Gasteiger partial charge on any atom is -0.480 e. The maximum absolute atomic E-state index is 12.5. The molecule has 0 saturated carbocycles. The summed E-state index contributed by atoms with van der Waals surface area (Å²) in [6.45, 7) is 10.8. The molecule has 0 amide bonds. The predicted molar refractivity (Wildman–Crippen MR) is 107 cm³/mol. The highest BCUT2D eigenvalue weighted by molar-refractivity contribution is 5.85. The van der Waals surface area contributed by atoms with Crippen LogP contribution in [0.5, 0.6) is 0 Å². The number of carboxylic acids is 2. The lowest BCUT2D eigenvalue weighted by Gasteiger charge is -2.33. The fourth-order valence-electron chi connectivity index (χ4n) is 2.93. The van der Waals surface area contributed by atoms with Crippen molar-refractivity contribution in [2.75, 3.05) is 79.0 Å². The molecule has 162 valence electrons. The van der Waals surface area contributed by atoms with E-state index >= 15 is 0 Å². The Morgan fingerprint density at radius 2 is 1.00 bits per heavy atom. The van der Waals surface area contributed by atoms with Crippen molar-refractivity contribution in [3.63, 3.8) is 0 Å². The van der Waals surface area contributed by atoms with Crippen molar-refractivity contribution in [3.05, 3.63) is 0 Å². The largest absolute Gasteiger partial charge is 0.480 e. The van der Waals surface area contributed by atoms with Crippen LogP contribution in [-0.4, -0.2) is 127 Å². The number of ketones is 1. The molecule has 1 saturated heterocycles. The van der Waals surface area contributed by atoms with Gasteiger partial charge in [-0.15, -0.1) is 0 Å².